The molecule has 2 heterocycles. The Morgan fingerprint density at radius 2 is 1.90 bits per heavy atom. The zero-order valence-corrected chi connectivity index (χ0v) is 16.0. The summed E-state index contributed by atoms with van der Waals surface area (Å²) >= 11 is 15.2. The van der Waals surface area contributed by atoms with Gasteiger partial charge in [0, 0.05) is 15.3 Å². The quantitative estimate of drug-likeness (QED) is 0.520. The molecule has 112 valence electrons. The van der Waals surface area contributed by atoms with Gasteiger partial charge in [0.25, 0.3) is 0 Å². The molecule has 0 spiro atoms. The largest absolute Gasteiger partial charge is 0.489 e. The molecule has 3 rings (SSSR count). The van der Waals surface area contributed by atoms with Crippen molar-refractivity contribution in [1.29, 1.82) is 0 Å². The van der Waals surface area contributed by atoms with Crippen molar-refractivity contribution in [2.45, 2.75) is 12.3 Å². The Hall–Kier alpha value is -0.230. The standard InChI is InChI=1S/C15H13Br2ClO2S/c1-8-6-19-11-3-2-9(4-12(11)20-7-8)14(18)13-5-10(16)15(17)21-13/h2-5,8,14H,6-7H2,1H3. The highest BCUT2D eigenvalue weighted by atomic mass is 79.9. The second-order valence-corrected chi connectivity index (χ2v) is 8.76. The Labute approximate surface area is 149 Å². The number of rotatable bonds is 2. The van der Waals surface area contributed by atoms with Gasteiger partial charge in [-0.25, -0.2) is 0 Å². The van der Waals surface area contributed by atoms with Gasteiger partial charge in [-0.1, -0.05) is 13.0 Å². The van der Waals surface area contributed by atoms with E-state index < -0.39 is 0 Å². The number of alkyl halides is 1. The molecule has 0 radical (unpaired) electrons. The molecule has 0 fully saturated rings. The van der Waals surface area contributed by atoms with Gasteiger partial charge in [0.1, 0.15) is 0 Å². The van der Waals surface area contributed by atoms with E-state index >= 15 is 0 Å². The molecule has 2 aromatic rings. The average molecular weight is 453 g/mol. The normalized spacial score (nSPS) is 19.1. The lowest BCUT2D eigenvalue weighted by molar-refractivity contribution is 0.228. The van der Waals surface area contributed by atoms with Crippen LogP contribution in [0, 0.1) is 5.92 Å². The predicted molar refractivity (Wildman–Crippen MR) is 94.0 cm³/mol. The fourth-order valence-electron chi connectivity index (χ4n) is 2.08. The third kappa shape index (κ3) is 3.41. The highest BCUT2D eigenvalue weighted by molar-refractivity contribution is 9.13. The van der Waals surface area contributed by atoms with E-state index in [9.17, 15) is 0 Å². The molecule has 2 atom stereocenters. The van der Waals surface area contributed by atoms with Crippen LogP contribution in [0.1, 0.15) is 22.7 Å². The van der Waals surface area contributed by atoms with Crippen molar-refractivity contribution in [2.75, 3.05) is 13.2 Å². The maximum atomic E-state index is 6.60. The van der Waals surface area contributed by atoms with E-state index in [2.05, 4.69) is 38.8 Å². The lowest BCUT2D eigenvalue weighted by Crippen LogP contribution is -2.12. The van der Waals surface area contributed by atoms with Crippen molar-refractivity contribution in [2.24, 2.45) is 5.92 Å². The Bertz CT molecular complexity index is 640. The molecule has 0 N–H and O–H groups in total. The van der Waals surface area contributed by atoms with Gasteiger partial charge >= 0.3 is 0 Å². The maximum Gasteiger partial charge on any atom is 0.161 e. The minimum atomic E-state index is -0.202. The van der Waals surface area contributed by atoms with E-state index in [1.54, 1.807) is 11.3 Å². The molecule has 1 aliphatic rings. The summed E-state index contributed by atoms with van der Waals surface area (Å²) in [7, 11) is 0. The number of thiophene rings is 1. The van der Waals surface area contributed by atoms with Gasteiger partial charge in [-0.2, -0.15) is 0 Å². The van der Waals surface area contributed by atoms with E-state index in [-0.39, 0.29) is 5.38 Å². The van der Waals surface area contributed by atoms with Crippen molar-refractivity contribution in [3.8, 4) is 11.5 Å². The second-order valence-electron chi connectivity index (χ2n) is 5.07. The van der Waals surface area contributed by atoms with E-state index in [1.165, 1.54) is 0 Å². The molecule has 1 aromatic carbocycles. The van der Waals surface area contributed by atoms with Crippen molar-refractivity contribution < 1.29 is 9.47 Å². The molecule has 0 saturated carbocycles. The summed E-state index contributed by atoms with van der Waals surface area (Å²) in [4.78, 5) is 1.08. The molecule has 2 unspecified atom stereocenters. The topological polar surface area (TPSA) is 18.5 Å². The number of fused-ring (bicyclic) bond motifs is 1. The molecular weight excluding hydrogens is 439 g/mol. The number of benzene rings is 1. The molecule has 21 heavy (non-hydrogen) atoms. The zero-order chi connectivity index (χ0) is 15.0. The molecule has 1 aromatic heterocycles. The maximum absolute atomic E-state index is 6.60. The van der Waals surface area contributed by atoms with E-state index in [4.69, 9.17) is 21.1 Å². The number of ether oxygens (including phenoxy) is 2. The number of hydrogen-bond acceptors (Lipinski definition) is 3. The molecule has 6 heteroatoms. The van der Waals surface area contributed by atoms with Crippen LogP contribution in [-0.4, -0.2) is 13.2 Å². The van der Waals surface area contributed by atoms with E-state index in [0.29, 0.717) is 19.1 Å². The van der Waals surface area contributed by atoms with Gasteiger partial charge in [0.15, 0.2) is 11.5 Å². The van der Waals surface area contributed by atoms with Crippen molar-refractivity contribution >= 4 is 54.8 Å². The second kappa shape index (κ2) is 6.49. The zero-order valence-electron chi connectivity index (χ0n) is 11.2. The van der Waals surface area contributed by atoms with Gasteiger partial charge in [-0.15, -0.1) is 22.9 Å². The van der Waals surface area contributed by atoms with Crippen LogP contribution in [0.2, 0.25) is 0 Å². The summed E-state index contributed by atoms with van der Waals surface area (Å²) < 4.78 is 13.6. The predicted octanol–water partition coefficient (Wildman–Crippen LogP) is 6.01. The Morgan fingerprint density at radius 1 is 1.19 bits per heavy atom. The number of halogens is 3. The van der Waals surface area contributed by atoms with Crippen LogP contribution in [0.25, 0.3) is 0 Å². The molecule has 0 aliphatic carbocycles. The minimum Gasteiger partial charge on any atom is -0.489 e. The SMILES string of the molecule is CC1COc2ccc(C(Cl)c3cc(Br)c(Br)s3)cc2OC1. The molecular formula is C15H13Br2ClO2S. The third-order valence-corrected chi connectivity index (χ3v) is 7.16. The molecule has 0 saturated heterocycles. The van der Waals surface area contributed by atoms with Crippen LogP contribution in [-0.2, 0) is 0 Å². The fraction of sp³-hybridized carbons (Fsp3) is 0.333. The first-order valence-corrected chi connectivity index (χ1v) is 9.37. The highest BCUT2D eigenvalue weighted by Gasteiger charge is 2.20. The molecule has 2 nitrogen and oxygen atoms in total. The van der Waals surface area contributed by atoms with Crippen LogP contribution in [0.15, 0.2) is 32.5 Å². The van der Waals surface area contributed by atoms with Crippen LogP contribution in [0.5, 0.6) is 11.5 Å². The number of hydrogen-bond donors (Lipinski definition) is 0. The molecule has 1 aliphatic heterocycles. The van der Waals surface area contributed by atoms with Crippen LogP contribution < -0.4 is 9.47 Å². The van der Waals surface area contributed by atoms with Crippen LogP contribution in [0.3, 0.4) is 0 Å². The van der Waals surface area contributed by atoms with Crippen LogP contribution >= 0.6 is 54.8 Å². The first kappa shape index (κ1) is 15.7. The van der Waals surface area contributed by atoms with E-state index in [1.807, 2.05) is 24.3 Å². The van der Waals surface area contributed by atoms with Gasteiger partial charge < -0.3 is 9.47 Å². The molecule has 0 amide bonds. The van der Waals surface area contributed by atoms with Gasteiger partial charge in [-0.3, -0.25) is 0 Å². The summed E-state index contributed by atoms with van der Waals surface area (Å²) in [5.41, 5.74) is 1.01. The van der Waals surface area contributed by atoms with Crippen molar-refractivity contribution in [3.05, 3.63) is 43.0 Å². The average Bonchev–Trinajstić information content (AvgIpc) is 2.70. The minimum absolute atomic E-state index is 0.202. The van der Waals surface area contributed by atoms with Crippen molar-refractivity contribution in [3.63, 3.8) is 0 Å². The Balaban J connectivity index is 1.89. The summed E-state index contributed by atoms with van der Waals surface area (Å²) in [6.45, 7) is 3.46. The lowest BCUT2D eigenvalue weighted by Gasteiger charge is -2.12. The van der Waals surface area contributed by atoms with Crippen LogP contribution in [0.4, 0.5) is 0 Å². The summed E-state index contributed by atoms with van der Waals surface area (Å²) in [6.07, 6.45) is 0. The molecule has 0 bridgehead atoms. The Morgan fingerprint density at radius 3 is 2.57 bits per heavy atom. The van der Waals surface area contributed by atoms with E-state index in [0.717, 1.165) is 30.2 Å². The summed E-state index contributed by atoms with van der Waals surface area (Å²) in [5.74, 6) is 1.95. The first-order valence-electron chi connectivity index (χ1n) is 6.53. The monoisotopic (exact) mass is 450 g/mol. The lowest BCUT2D eigenvalue weighted by atomic mass is 10.1. The summed E-state index contributed by atoms with van der Waals surface area (Å²) in [5, 5.41) is -0.202. The smallest absolute Gasteiger partial charge is 0.161 e. The fourth-order valence-corrected chi connectivity index (χ4v) is 4.51. The first-order chi connectivity index (χ1) is 10.0. The Kier molecular flexibility index (Phi) is 4.84. The third-order valence-electron chi connectivity index (χ3n) is 3.22. The summed E-state index contributed by atoms with van der Waals surface area (Å²) in [6, 6.07) is 7.96. The van der Waals surface area contributed by atoms with Gasteiger partial charge in [0.05, 0.1) is 22.4 Å². The highest BCUT2D eigenvalue weighted by Crippen LogP contribution is 2.42. The van der Waals surface area contributed by atoms with Gasteiger partial charge in [0.2, 0.25) is 0 Å². The van der Waals surface area contributed by atoms with Crippen molar-refractivity contribution in [1.82, 2.24) is 0 Å². The van der Waals surface area contributed by atoms with Gasteiger partial charge in [-0.05, 0) is 55.6 Å².